The SMILES string of the molecule is Nc1ccn(C2CC(C(OP(=O)(O)O)C3OC(n4cnc5c(N)ncnc54)CC3O)C(COP(=O)(O)O)O2)c(=O)n1. The van der Waals surface area contributed by atoms with Crippen LogP contribution in [0.25, 0.3) is 11.2 Å². The molecule has 2 fully saturated rings. The Bertz CT molecular complexity index is 1570. The molecule has 2 saturated heterocycles. The molecule has 3 aromatic heterocycles. The molecule has 0 aliphatic carbocycles. The number of aliphatic hydroxyl groups excluding tert-OH is 1. The Balaban J connectivity index is 1.48. The Kier molecular flexibility index (Phi) is 8.01. The molecule has 7 atom stereocenters. The number of fused-ring (bicyclic) bond motifs is 1. The van der Waals surface area contributed by atoms with Crippen molar-refractivity contribution in [3.05, 3.63) is 35.4 Å². The number of nitrogen functional groups attached to an aromatic ring is 2. The Labute approximate surface area is 229 Å². The molecule has 41 heavy (non-hydrogen) atoms. The van der Waals surface area contributed by atoms with E-state index in [1.165, 1.54) is 29.5 Å². The first kappa shape index (κ1) is 29.6. The zero-order valence-corrected chi connectivity index (χ0v) is 22.6. The fourth-order valence-electron chi connectivity index (χ4n) is 5.01. The van der Waals surface area contributed by atoms with E-state index in [4.69, 9.17) is 25.5 Å². The zero-order valence-electron chi connectivity index (χ0n) is 20.8. The van der Waals surface area contributed by atoms with Gasteiger partial charge in [-0.05, 0) is 6.07 Å². The zero-order chi connectivity index (χ0) is 29.7. The van der Waals surface area contributed by atoms with E-state index in [0.717, 1.165) is 4.57 Å². The quantitative estimate of drug-likeness (QED) is 0.132. The molecule has 3 aromatic rings. The van der Waals surface area contributed by atoms with Gasteiger partial charge < -0.3 is 45.6 Å². The molecule has 20 nitrogen and oxygen atoms in total. The van der Waals surface area contributed by atoms with Crippen LogP contribution in [0.5, 0.6) is 0 Å². The van der Waals surface area contributed by atoms with Crippen LogP contribution >= 0.6 is 15.6 Å². The van der Waals surface area contributed by atoms with Crippen LogP contribution in [0.4, 0.5) is 11.6 Å². The summed E-state index contributed by atoms with van der Waals surface area (Å²) in [7, 11) is -10.3. The smallest absolute Gasteiger partial charge is 0.390 e. The number of phosphoric ester groups is 2. The molecule has 5 heterocycles. The third-order valence-corrected chi connectivity index (χ3v) is 7.69. The number of hydrogen-bond acceptors (Lipinski definition) is 14. The monoisotopic (exact) mass is 620 g/mol. The van der Waals surface area contributed by atoms with Gasteiger partial charge in [0.25, 0.3) is 0 Å². The second-order valence-electron chi connectivity index (χ2n) is 9.36. The van der Waals surface area contributed by atoms with Crippen LogP contribution in [0.2, 0.25) is 0 Å². The average molecular weight is 620 g/mol. The Morgan fingerprint density at radius 3 is 2.46 bits per heavy atom. The molecule has 0 aromatic carbocycles. The van der Waals surface area contributed by atoms with Crippen molar-refractivity contribution >= 4 is 38.4 Å². The summed E-state index contributed by atoms with van der Waals surface area (Å²) in [5, 5.41) is 11.0. The number of nitrogens with two attached hydrogens (primary N) is 2. The number of aromatic nitrogens is 6. The summed E-state index contributed by atoms with van der Waals surface area (Å²) < 4.78 is 47.6. The molecule has 0 radical (unpaired) electrons. The summed E-state index contributed by atoms with van der Waals surface area (Å²) in [6, 6.07) is 1.31. The lowest BCUT2D eigenvalue weighted by Crippen LogP contribution is -2.45. The van der Waals surface area contributed by atoms with Gasteiger partial charge in [-0.15, -0.1) is 0 Å². The highest BCUT2D eigenvalue weighted by atomic mass is 31.2. The molecule has 2 aliphatic rings. The lowest BCUT2D eigenvalue weighted by atomic mass is 9.89. The van der Waals surface area contributed by atoms with Gasteiger partial charge in [0.2, 0.25) is 0 Å². The first-order valence-corrected chi connectivity index (χ1v) is 15.0. The lowest BCUT2D eigenvalue weighted by molar-refractivity contribution is -0.110. The lowest BCUT2D eigenvalue weighted by Gasteiger charge is -2.32. The van der Waals surface area contributed by atoms with E-state index < -0.39 is 70.7 Å². The summed E-state index contributed by atoms with van der Waals surface area (Å²) in [6.45, 7) is -0.766. The van der Waals surface area contributed by atoms with Crippen molar-refractivity contribution in [3.8, 4) is 0 Å². The molecule has 22 heteroatoms. The summed E-state index contributed by atoms with van der Waals surface area (Å²) in [6.07, 6.45) is -4.25. The number of ether oxygens (including phenoxy) is 2. The van der Waals surface area contributed by atoms with E-state index in [0.29, 0.717) is 0 Å². The van der Waals surface area contributed by atoms with Crippen molar-refractivity contribution in [2.24, 2.45) is 5.92 Å². The molecule has 0 amide bonds. The van der Waals surface area contributed by atoms with Crippen LogP contribution in [-0.4, -0.2) is 84.8 Å². The van der Waals surface area contributed by atoms with Crippen molar-refractivity contribution in [3.63, 3.8) is 0 Å². The van der Waals surface area contributed by atoms with Gasteiger partial charge >= 0.3 is 21.3 Å². The predicted octanol–water partition coefficient (Wildman–Crippen LogP) is -1.61. The molecule has 9 N–H and O–H groups in total. The minimum atomic E-state index is -5.26. The van der Waals surface area contributed by atoms with Gasteiger partial charge in [0, 0.05) is 25.0 Å². The fraction of sp³-hybridized carbons (Fsp3) is 0.526. The van der Waals surface area contributed by atoms with E-state index in [1.807, 2.05) is 0 Å². The van der Waals surface area contributed by atoms with Crippen LogP contribution in [0, 0.1) is 5.92 Å². The Morgan fingerprint density at radius 2 is 1.78 bits per heavy atom. The maximum atomic E-state index is 12.5. The van der Waals surface area contributed by atoms with Crippen LogP contribution in [-0.2, 0) is 27.7 Å². The fourth-order valence-corrected chi connectivity index (χ4v) is 5.95. The largest absolute Gasteiger partial charge is 0.469 e. The third kappa shape index (κ3) is 6.47. The number of phosphoric acid groups is 2. The normalized spacial score (nSPS) is 27.9. The summed E-state index contributed by atoms with van der Waals surface area (Å²) >= 11 is 0. The average Bonchev–Trinajstić information content (AvgIpc) is 3.57. The van der Waals surface area contributed by atoms with E-state index >= 15 is 0 Å². The molecule has 0 saturated carbocycles. The van der Waals surface area contributed by atoms with Gasteiger partial charge in [-0.25, -0.2) is 28.9 Å². The van der Waals surface area contributed by atoms with Crippen molar-refractivity contribution in [1.82, 2.24) is 29.1 Å². The first-order chi connectivity index (χ1) is 19.2. The minimum absolute atomic E-state index is 0.0718. The minimum Gasteiger partial charge on any atom is -0.390 e. The summed E-state index contributed by atoms with van der Waals surface area (Å²) in [4.78, 5) is 66.2. The van der Waals surface area contributed by atoms with Crippen molar-refractivity contribution in [1.29, 1.82) is 0 Å². The molecule has 7 unspecified atom stereocenters. The standard InChI is InChI=1S/C19H26N8O12P2/c20-11-1-2-26(19(29)25-11)12-3-8(10(37-12)5-36-40(30,31)32)15(39-41(33,34)35)16-9(28)4-13(38-16)27-7-24-14-17(21)22-6-23-18(14)27/h1-2,6-10,12-13,15-16,28H,3-5H2,(H2,20,25,29)(H2,21,22,23)(H2,30,31,32)(H2,33,34,35). The Hall–Kier alpha value is -2.87. The predicted molar refractivity (Wildman–Crippen MR) is 134 cm³/mol. The maximum absolute atomic E-state index is 12.5. The van der Waals surface area contributed by atoms with Crippen LogP contribution in [0.1, 0.15) is 25.3 Å². The van der Waals surface area contributed by atoms with E-state index in [-0.39, 0.29) is 35.6 Å². The van der Waals surface area contributed by atoms with E-state index in [1.54, 1.807) is 0 Å². The van der Waals surface area contributed by atoms with Gasteiger partial charge in [-0.2, -0.15) is 4.98 Å². The van der Waals surface area contributed by atoms with Gasteiger partial charge in [-0.3, -0.25) is 18.2 Å². The van der Waals surface area contributed by atoms with E-state index in [2.05, 4.69) is 24.5 Å². The first-order valence-electron chi connectivity index (χ1n) is 11.9. The number of aliphatic hydroxyl groups is 1. The number of rotatable bonds is 9. The molecule has 224 valence electrons. The second-order valence-corrected chi connectivity index (χ2v) is 11.8. The highest BCUT2D eigenvalue weighted by Crippen LogP contribution is 2.49. The van der Waals surface area contributed by atoms with Gasteiger partial charge in [-0.1, -0.05) is 0 Å². The summed E-state index contributed by atoms with van der Waals surface area (Å²) in [5.41, 5.74) is 11.1. The number of nitrogens with zero attached hydrogens (tertiary/aromatic N) is 6. The van der Waals surface area contributed by atoms with Gasteiger partial charge in [0.05, 0.1) is 25.1 Å². The molecule has 2 aliphatic heterocycles. The molecular weight excluding hydrogens is 594 g/mol. The maximum Gasteiger partial charge on any atom is 0.469 e. The van der Waals surface area contributed by atoms with Crippen LogP contribution < -0.4 is 17.2 Å². The number of imidazole rings is 1. The molecule has 5 rings (SSSR count). The van der Waals surface area contributed by atoms with Crippen molar-refractivity contribution in [2.75, 3.05) is 18.1 Å². The summed E-state index contributed by atoms with van der Waals surface area (Å²) in [5.74, 6) is -1.11. The third-order valence-electron chi connectivity index (χ3n) is 6.69. The van der Waals surface area contributed by atoms with Gasteiger partial charge in [0.1, 0.15) is 42.3 Å². The van der Waals surface area contributed by atoms with Crippen molar-refractivity contribution < 1.29 is 52.3 Å². The highest BCUT2D eigenvalue weighted by Gasteiger charge is 2.52. The highest BCUT2D eigenvalue weighted by molar-refractivity contribution is 7.46. The molecular formula is C19H26N8O12P2. The molecule has 0 spiro atoms. The topological polar surface area (TPSA) is 303 Å². The van der Waals surface area contributed by atoms with Gasteiger partial charge in [0.15, 0.2) is 11.5 Å². The van der Waals surface area contributed by atoms with Crippen LogP contribution in [0.15, 0.2) is 29.7 Å². The Morgan fingerprint density at radius 1 is 1.05 bits per heavy atom. The van der Waals surface area contributed by atoms with Crippen molar-refractivity contribution in [2.45, 2.75) is 49.7 Å². The van der Waals surface area contributed by atoms with Crippen LogP contribution in [0.3, 0.4) is 0 Å². The number of hydrogen-bond donors (Lipinski definition) is 7. The van der Waals surface area contributed by atoms with E-state index in [9.17, 15) is 38.6 Å². The molecule has 0 bridgehead atoms. The second kappa shape index (κ2) is 11.1. The number of anilines is 2.